The van der Waals surface area contributed by atoms with Crippen LogP contribution in [0.4, 0.5) is 17.1 Å². The van der Waals surface area contributed by atoms with Crippen molar-refractivity contribution in [1.82, 2.24) is 9.55 Å². The van der Waals surface area contributed by atoms with Gasteiger partial charge in [-0.2, -0.15) is 0 Å². The third-order valence-corrected chi connectivity index (χ3v) is 7.34. The molecule has 0 unspecified atom stereocenters. The van der Waals surface area contributed by atoms with E-state index in [1.807, 2.05) is 37.3 Å². The van der Waals surface area contributed by atoms with Crippen LogP contribution in [-0.2, 0) is 10.0 Å². The first-order chi connectivity index (χ1) is 16.4. The summed E-state index contributed by atoms with van der Waals surface area (Å²) in [5, 5.41) is 0.941. The van der Waals surface area contributed by atoms with Gasteiger partial charge in [0.15, 0.2) is 0 Å². The molecule has 0 aliphatic heterocycles. The first-order valence-electron chi connectivity index (χ1n) is 11.3. The van der Waals surface area contributed by atoms with Gasteiger partial charge >= 0.3 is 0 Å². The first-order valence-corrected chi connectivity index (χ1v) is 12.9. The van der Waals surface area contributed by atoms with Crippen molar-refractivity contribution in [2.24, 2.45) is 0 Å². The minimum absolute atomic E-state index is 0.0895. The standard InChI is InChI=1S/C25H27N5O3S/c1-2-14-34(31,32)29-17-7-5-16(6-8-17)24-23(27)20-12-11-19(15-22(20)30(24)18-9-10-18)33-25-21(26)4-3-13-28-25/h3-8,11-13,15,18,29H,2,9-10,14,26-27H2,1H3. The van der Waals surface area contributed by atoms with Crippen LogP contribution in [0.25, 0.3) is 22.2 Å². The Labute approximate surface area is 198 Å². The largest absolute Gasteiger partial charge is 0.437 e. The van der Waals surface area contributed by atoms with Gasteiger partial charge in [0.2, 0.25) is 15.9 Å². The van der Waals surface area contributed by atoms with Crippen molar-refractivity contribution in [2.45, 2.75) is 32.2 Å². The molecule has 1 aliphatic rings. The molecule has 1 saturated carbocycles. The highest BCUT2D eigenvalue weighted by Gasteiger charge is 2.30. The van der Waals surface area contributed by atoms with Crippen LogP contribution in [0.2, 0.25) is 0 Å². The Bertz CT molecular complexity index is 1460. The maximum absolute atomic E-state index is 12.1. The molecule has 0 bridgehead atoms. The van der Waals surface area contributed by atoms with E-state index in [0.29, 0.717) is 41.2 Å². The van der Waals surface area contributed by atoms with Gasteiger partial charge < -0.3 is 20.8 Å². The molecule has 0 spiro atoms. The van der Waals surface area contributed by atoms with E-state index < -0.39 is 10.0 Å². The molecule has 0 amide bonds. The molecule has 2 heterocycles. The number of pyridine rings is 1. The van der Waals surface area contributed by atoms with E-state index in [1.54, 1.807) is 30.5 Å². The lowest BCUT2D eigenvalue weighted by Gasteiger charge is -2.12. The topological polar surface area (TPSA) is 125 Å². The molecule has 9 heteroatoms. The number of nitrogens with one attached hydrogen (secondary N) is 1. The minimum Gasteiger partial charge on any atom is -0.437 e. The zero-order chi connectivity index (χ0) is 23.9. The number of sulfonamides is 1. The van der Waals surface area contributed by atoms with E-state index in [-0.39, 0.29) is 5.75 Å². The molecule has 0 atom stereocenters. The third-order valence-electron chi connectivity index (χ3n) is 5.85. The maximum Gasteiger partial charge on any atom is 0.242 e. The van der Waals surface area contributed by atoms with Gasteiger partial charge in [-0.3, -0.25) is 4.72 Å². The van der Waals surface area contributed by atoms with Crippen LogP contribution in [0.15, 0.2) is 60.8 Å². The molecule has 5 N–H and O–H groups in total. The Hall–Kier alpha value is -3.72. The molecule has 1 fully saturated rings. The molecule has 0 radical (unpaired) electrons. The van der Waals surface area contributed by atoms with Crippen molar-refractivity contribution in [3.05, 3.63) is 60.8 Å². The number of rotatable bonds is 8. The fraction of sp³-hybridized carbons (Fsp3) is 0.240. The average Bonchev–Trinajstić information content (AvgIpc) is 3.60. The van der Waals surface area contributed by atoms with Gasteiger partial charge in [-0.25, -0.2) is 13.4 Å². The molecule has 5 rings (SSSR count). The van der Waals surface area contributed by atoms with Crippen LogP contribution >= 0.6 is 0 Å². The molecule has 2 aromatic heterocycles. The quantitative estimate of drug-likeness (QED) is 0.322. The fourth-order valence-electron chi connectivity index (χ4n) is 4.18. The molecule has 2 aromatic carbocycles. The Balaban J connectivity index is 1.53. The average molecular weight is 478 g/mol. The van der Waals surface area contributed by atoms with E-state index in [9.17, 15) is 8.42 Å². The summed E-state index contributed by atoms with van der Waals surface area (Å²) < 4.78 is 35.0. The third kappa shape index (κ3) is 4.26. The lowest BCUT2D eigenvalue weighted by Crippen LogP contribution is -2.15. The van der Waals surface area contributed by atoms with Gasteiger partial charge in [0.1, 0.15) is 5.75 Å². The number of hydrogen-bond acceptors (Lipinski definition) is 6. The number of benzene rings is 2. The molecule has 1 aliphatic carbocycles. The predicted molar refractivity (Wildman–Crippen MR) is 136 cm³/mol. The summed E-state index contributed by atoms with van der Waals surface area (Å²) in [5.41, 5.74) is 17.1. The summed E-state index contributed by atoms with van der Waals surface area (Å²) in [4.78, 5) is 4.21. The fourth-order valence-corrected chi connectivity index (χ4v) is 5.32. The molecule has 0 saturated heterocycles. The monoisotopic (exact) mass is 477 g/mol. The number of aromatic nitrogens is 2. The van der Waals surface area contributed by atoms with E-state index in [2.05, 4.69) is 14.3 Å². The van der Waals surface area contributed by atoms with Gasteiger partial charge in [-0.05, 0) is 55.7 Å². The van der Waals surface area contributed by atoms with Gasteiger partial charge in [0.25, 0.3) is 0 Å². The highest BCUT2D eigenvalue weighted by atomic mass is 32.2. The molecule has 176 valence electrons. The molecule has 8 nitrogen and oxygen atoms in total. The zero-order valence-corrected chi connectivity index (χ0v) is 19.7. The zero-order valence-electron chi connectivity index (χ0n) is 18.9. The van der Waals surface area contributed by atoms with Crippen LogP contribution in [0, 0.1) is 0 Å². The number of anilines is 3. The first kappa shape index (κ1) is 22.1. The van der Waals surface area contributed by atoms with Crippen molar-refractivity contribution >= 4 is 38.0 Å². The predicted octanol–water partition coefficient (Wildman–Crippen LogP) is 5.15. The molecular formula is C25H27N5O3S. The second-order valence-corrected chi connectivity index (χ2v) is 10.4. The second kappa shape index (κ2) is 8.57. The summed E-state index contributed by atoms with van der Waals surface area (Å²) >= 11 is 0. The van der Waals surface area contributed by atoms with Gasteiger partial charge in [-0.1, -0.05) is 19.1 Å². The highest BCUT2D eigenvalue weighted by Crippen LogP contribution is 2.47. The lowest BCUT2D eigenvalue weighted by atomic mass is 10.1. The molecule has 34 heavy (non-hydrogen) atoms. The number of ether oxygens (including phenoxy) is 1. The summed E-state index contributed by atoms with van der Waals surface area (Å²) in [5.74, 6) is 1.08. The van der Waals surface area contributed by atoms with Crippen LogP contribution < -0.4 is 20.9 Å². The maximum atomic E-state index is 12.1. The van der Waals surface area contributed by atoms with E-state index in [0.717, 1.165) is 35.0 Å². The Morgan fingerprint density at radius 3 is 2.56 bits per heavy atom. The van der Waals surface area contributed by atoms with E-state index in [4.69, 9.17) is 16.2 Å². The van der Waals surface area contributed by atoms with Crippen molar-refractivity contribution in [3.8, 4) is 22.9 Å². The van der Waals surface area contributed by atoms with Crippen LogP contribution in [0.3, 0.4) is 0 Å². The van der Waals surface area contributed by atoms with Crippen molar-refractivity contribution in [2.75, 3.05) is 21.9 Å². The number of nitrogens with two attached hydrogens (primary N) is 2. The number of hydrogen-bond donors (Lipinski definition) is 3. The number of nitrogens with zero attached hydrogens (tertiary/aromatic N) is 2. The number of nitrogen functional groups attached to an aromatic ring is 2. The smallest absolute Gasteiger partial charge is 0.242 e. The van der Waals surface area contributed by atoms with Crippen LogP contribution in [0.1, 0.15) is 32.2 Å². The number of fused-ring (bicyclic) bond motifs is 1. The summed E-state index contributed by atoms with van der Waals surface area (Å²) in [7, 11) is -3.34. The SMILES string of the molecule is CCCS(=O)(=O)Nc1ccc(-c2c(N)c3ccc(Oc4ncccc4N)cc3n2C2CC2)cc1. The Kier molecular flexibility index (Phi) is 5.57. The second-order valence-electron chi connectivity index (χ2n) is 8.54. The normalized spacial score (nSPS) is 13.8. The van der Waals surface area contributed by atoms with Gasteiger partial charge in [0, 0.05) is 34.9 Å². The molecule has 4 aromatic rings. The summed E-state index contributed by atoms with van der Waals surface area (Å²) in [6.07, 6.45) is 4.34. The minimum atomic E-state index is -3.34. The van der Waals surface area contributed by atoms with Crippen LogP contribution in [0.5, 0.6) is 11.6 Å². The Morgan fingerprint density at radius 1 is 1.12 bits per heavy atom. The Morgan fingerprint density at radius 2 is 1.88 bits per heavy atom. The summed E-state index contributed by atoms with van der Waals surface area (Å²) in [6.45, 7) is 1.84. The van der Waals surface area contributed by atoms with E-state index in [1.165, 1.54) is 0 Å². The lowest BCUT2D eigenvalue weighted by molar-refractivity contribution is 0.466. The van der Waals surface area contributed by atoms with Gasteiger partial charge in [0.05, 0.1) is 28.3 Å². The van der Waals surface area contributed by atoms with Gasteiger partial charge in [-0.15, -0.1) is 0 Å². The van der Waals surface area contributed by atoms with Crippen molar-refractivity contribution < 1.29 is 13.2 Å². The highest BCUT2D eigenvalue weighted by molar-refractivity contribution is 7.92. The molecular weight excluding hydrogens is 450 g/mol. The van der Waals surface area contributed by atoms with Crippen molar-refractivity contribution in [1.29, 1.82) is 0 Å². The van der Waals surface area contributed by atoms with E-state index >= 15 is 0 Å². The van der Waals surface area contributed by atoms with Crippen molar-refractivity contribution in [3.63, 3.8) is 0 Å². The summed E-state index contributed by atoms with van der Waals surface area (Å²) in [6, 6.07) is 17.0. The van der Waals surface area contributed by atoms with Crippen LogP contribution in [-0.4, -0.2) is 23.7 Å².